The molecular weight excluding hydrogens is 389 g/mol. The minimum Gasteiger partial charge on any atom is -0.459 e. The summed E-state index contributed by atoms with van der Waals surface area (Å²) in [7, 11) is 0. The van der Waals surface area contributed by atoms with Gasteiger partial charge in [0.1, 0.15) is 11.9 Å². The predicted molar refractivity (Wildman–Crippen MR) is 108 cm³/mol. The number of aryl methyl sites for hydroxylation is 1. The van der Waals surface area contributed by atoms with E-state index in [9.17, 15) is 18.8 Å². The van der Waals surface area contributed by atoms with E-state index in [4.69, 9.17) is 4.42 Å². The van der Waals surface area contributed by atoms with E-state index < -0.39 is 11.9 Å². The Hall–Kier alpha value is -3.16. The molecule has 8 heteroatoms. The maximum absolute atomic E-state index is 13.6. The smallest absolute Gasteiger partial charge is 0.287 e. The van der Waals surface area contributed by atoms with Crippen molar-refractivity contribution >= 4 is 17.7 Å². The van der Waals surface area contributed by atoms with Gasteiger partial charge in [-0.3, -0.25) is 14.4 Å². The number of furan rings is 1. The summed E-state index contributed by atoms with van der Waals surface area (Å²) in [6.45, 7) is 4.47. The SMILES string of the molecule is Cc1ccc(CNC(=O)C2CCN(C(=O)[C@@H](C)NC(=O)c3ccco3)CC2)cc1F. The number of carbonyl (C=O) groups is 3. The minimum absolute atomic E-state index is 0.0951. The third-order valence-electron chi connectivity index (χ3n) is 5.34. The van der Waals surface area contributed by atoms with Gasteiger partial charge < -0.3 is 20.0 Å². The monoisotopic (exact) mass is 415 g/mol. The summed E-state index contributed by atoms with van der Waals surface area (Å²) in [5.74, 6) is -1.06. The molecule has 1 aliphatic rings. The predicted octanol–water partition coefficient (Wildman–Crippen LogP) is 2.40. The molecule has 7 nitrogen and oxygen atoms in total. The van der Waals surface area contributed by atoms with Gasteiger partial charge in [0.05, 0.1) is 6.26 Å². The van der Waals surface area contributed by atoms with Crippen LogP contribution in [0.15, 0.2) is 41.0 Å². The van der Waals surface area contributed by atoms with Crippen LogP contribution >= 0.6 is 0 Å². The van der Waals surface area contributed by atoms with Crippen LogP contribution in [0.4, 0.5) is 4.39 Å². The highest BCUT2D eigenvalue weighted by Gasteiger charge is 2.30. The van der Waals surface area contributed by atoms with Crippen LogP contribution < -0.4 is 10.6 Å². The van der Waals surface area contributed by atoms with Crippen LogP contribution in [-0.4, -0.2) is 41.8 Å². The summed E-state index contributed by atoms with van der Waals surface area (Å²) in [6, 6.07) is 7.35. The molecule has 2 heterocycles. The molecule has 1 aromatic heterocycles. The molecule has 160 valence electrons. The van der Waals surface area contributed by atoms with Crippen LogP contribution in [0.25, 0.3) is 0 Å². The van der Waals surface area contributed by atoms with E-state index in [0.29, 0.717) is 37.1 Å². The number of likely N-dealkylation sites (tertiary alicyclic amines) is 1. The van der Waals surface area contributed by atoms with Gasteiger partial charge in [-0.15, -0.1) is 0 Å². The molecule has 3 amide bonds. The molecule has 0 bridgehead atoms. The number of carbonyl (C=O) groups excluding carboxylic acids is 3. The van der Waals surface area contributed by atoms with E-state index in [0.717, 1.165) is 0 Å². The summed E-state index contributed by atoms with van der Waals surface area (Å²) in [4.78, 5) is 38.7. The summed E-state index contributed by atoms with van der Waals surface area (Å²) >= 11 is 0. The Kier molecular flexibility index (Phi) is 6.87. The third kappa shape index (κ3) is 5.25. The molecule has 1 fully saturated rings. The van der Waals surface area contributed by atoms with Crippen molar-refractivity contribution in [2.45, 2.75) is 39.3 Å². The molecule has 0 spiro atoms. The third-order valence-corrected chi connectivity index (χ3v) is 5.34. The first-order chi connectivity index (χ1) is 14.3. The highest BCUT2D eigenvalue weighted by atomic mass is 19.1. The number of benzene rings is 1. The number of piperidine rings is 1. The quantitative estimate of drug-likeness (QED) is 0.758. The van der Waals surface area contributed by atoms with Crippen molar-refractivity contribution in [2.75, 3.05) is 13.1 Å². The molecule has 1 aromatic carbocycles. The van der Waals surface area contributed by atoms with E-state index in [1.54, 1.807) is 36.9 Å². The van der Waals surface area contributed by atoms with Crippen LogP contribution in [0.1, 0.15) is 41.4 Å². The maximum Gasteiger partial charge on any atom is 0.287 e. The molecule has 1 saturated heterocycles. The lowest BCUT2D eigenvalue weighted by atomic mass is 9.95. The molecule has 1 aliphatic heterocycles. The normalized spacial score (nSPS) is 15.5. The zero-order chi connectivity index (χ0) is 21.7. The molecule has 30 heavy (non-hydrogen) atoms. The van der Waals surface area contributed by atoms with Crippen molar-refractivity contribution in [1.82, 2.24) is 15.5 Å². The molecule has 0 radical (unpaired) electrons. The van der Waals surface area contributed by atoms with Crippen LogP contribution in [0, 0.1) is 18.7 Å². The van der Waals surface area contributed by atoms with Crippen molar-refractivity contribution < 1.29 is 23.2 Å². The van der Waals surface area contributed by atoms with Gasteiger partial charge in [0.15, 0.2) is 5.76 Å². The van der Waals surface area contributed by atoms with Crippen molar-refractivity contribution in [3.63, 3.8) is 0 Å². The second-order valence-electron chi connectivity index (χ2n) is 7.57. The van der Waals surface area contributed by atoms with Crippen molar-refractivity contribution in [1.29, 1.82) is 0 Å². The van der Waals surface area contributed by atoms with Gasteiger partial charge in [-0.25, -0.2) is 4.39 Å². The van der Waals surface area contributed by atoms with Gasteiger partial charge in [-0.2, -0.15) is 0 Å². The number of rotatable bonds is 6. The summed E-state index contributed by atoms with van der Waals surface area (Å²) < 4.78 is 18.6. The molecule has 3 rings (SSSR count). The lowest BCUT2D eigenvalue weighted by Gasteiger charge is -2.33. The Morgan fingerprint density at radius 1 is 1.23 bits per heavy atom. The second-order valence-corrected chi connectivity index (χ2v) is 7.57. The first-order valence-electron chi connectivity index (χ1n) is 10.0. The number of hydrogen-bond acceptors (Lipinski definition) is 4. The van der Waals surface area contributed by atoms with E-state index in [1.165, 1.54) is 18.4 Å². The second kappa shape index (κ2) is 9.56. The van der Waals surface area contributed by atoms with E-state index in [1.807, 2.05) is 0 Å². The molecule has 1 atom stereocenters. The standard InChI is InChI=1S/C22H26FN3O4/c1-14-5-6-16(12-18(14)23)13-24-20(27)17-7-9-26(10-8-17)22(29)15(2)25-21(28)19-4-3-11-30-19/h3-6,11-12,15,17H,7-10,13H2,1-2H3,(H,24,27)(H,25,28)/t15-/m1/s1. The maximum atomic E-state index is 13.6. The molecular formula is C22H26FN3O4. The van der Waals surface area contributed by atoms with Gasteiger partial charge in [-0.1, -0.05) is 12.1 Å². The first-order valence-corrected chi connectivity index (χ1v) is 10.0. The molecule has 0 aliphatic carbocycles. The molecule has 0 saturated carbocycles. The van der Waals surface area contributed by atoms with E-state index in [2.05, 4.69) is 10.6 Å². The Morgan fingerprint density at radius 2 is 1.97 bits per heavy atom. The fraction of sp³-hybridized carbons (Fsp3) is 0.409. The van der Waals surface area contributed by atoms with Crippen LogP contribution in [0.5, 0.6) is 0 Å². The Balaban J connectivity index is 1.44. The fourth-order valence-electron chi connectivity index (χ4n) is 3.45. The average Bonchev–Trinajstić information content (AvgIpc) is 3.29. The van der Waals surface area contributed by atoms with Gasteiger partial charge in [0, 0.05) is 25.6 Å². The van der Waals surface area contributed by atoms with Crippen LogP contribution in [-0.2, 0) is 16.1 Å². The highest BCUT2D eigenvalue weighted by molar-refractivity contribution is 5.95. The van der Waals surface area contributed by atoms with Crippen molar-refractivity contribution in [2.24, 2.45) is 5.92 Å². The van der Waals surface area contributed by atoms with Gasteiger partial charge in [-0.05, 0) is 56.0 Å². The van der Waals surface area contributed by atoms with Crippen LogP contribution in [0.3, 0.4) is 0 Å². The van der Waals surface area contributed by atoms with Gasteiger partial charge in [0.25, 0.3) is 5.91 Å². The van der Waals surface area contributed by atoms with Crippen molar-refractivity contribution in [3.8, 4) is 0 Å². The largest absolute Gasteiger partial charge is 0.459 e. The summed E-state index contributed by atoms with van der Waals surface area (Å²) in [5, 5.41) is 5.47. The van der Waals surface area contributed by atoms with E-state index >= 15 is 0 Å². The Morgan fingerprint density at radius 3 is 2.60 bits per heavy atom. The summed E-state index contributed by atoms with van der Waals surface area (Å²) in [5.41, 5.74) is 1.27. The molecule has 2 N–H and O–H groups in total. The number of hydrogen-bond donors (Lipinski definition) is 2. The number of nitrogens with one attached hydrogen (secondary N) is 2. The summed E-state index contributed by atoms with van der Waals surface area (Å²) in [6.07, 6.45) is 2.48. The van der Waals surface area contributed by atoms with Gasteiger partial charge >= 0.3 is 0 Å². The first kappa shape index (κ1) is 21.5. The zero-order valence-electron chi connectivity index (χ0n) is 17.1. The molecule has 0 unspecified atom stereocenters. The zero-order valence-corrected chi connectivity index (χ0v) is 17.1. The lowest BCUT2D eigenvalue weighted by Crippen LogP contribution is -2.50. The topological polar surface area (TPSA) is 91.7 Å². The average molecular weight is 415 g/mol. The lowest BCUT2D eigenvalue weighted by molar-refractivity contribution is -0.136. The Labute approximate surface area is 174 Å². The van der Waals surface area contributed by atoms with Crippen LogP contribution in [0.2, 0.25) is 0 Å². The fourth-order valence-corrected chi connectivity index (χ4v) is 3.45. The molecule has 2 aromatic rings. The minimum atomic E-state index is -0.690. The number of amides is 3. The Bertz CT molecular complexity index is 905. The number of nitrogens with zero attached hydrogens (tertiary/aromatic N) is 1. The van der Waals surface area contributed by atoms with E-state index in [-0.39, 0.29) is 35.9 Å². The highest BCUT2D eigenvalue weighted by Crippen LogP contribution is 2.19. The number of halogens is 1. The van der Waals surface area contributed by atoms with Crippen molar-refractivity contribution in [3.05, 3.63) is 59.3 Å². The van der Waals surface area contributed by atoms with Gasteiger partial charge in [0.2, 0.25) is 11.8 Å².